The minimum Gasteiger partial charge on any atom is -0.383 e. The molecule has 108 valence electrons. The summed E-state index contributed by atoms with van der Waals surface area (Å²) >= 11 is 6.07. The van der Waals surface area contributed by atoms with Crippen LogP contribution in [-0.2, 0) is 17.8 Å². The largest absolute Gasteiger partial charge is 0.383 e. The van der Waals surface area contributed by atoms with Crippen LogP contribution in [0.3, 0.4) is 0 Å². The normalized spacial score (nSPS) is 10.9. The zero-order valence-corrected chi connectivity index (χ0v) is 12.2. The van der Waals surface area contributed by atoms with E-state index in [9.17, 15) is 4.39 Å². The smallest absolute Gasteiger partial charge is 0.123 e. The average Bonchev–Trinajstić information content (AvgIpc) is 2.87. The first kappa shape index (κ1) is 15.0. The molecule has 2 rings (SSSR count). The van der Waals surface area contributed by atoms with Gasteiger partial charge in [0.1, 0.15) is 5.82 Å². The van der Waals surface area contributed by atoms with Gasteiger partial charge in [-0.1, -0.05) is 11.6 Å². The lowest BCUT2D eigenvalue weighted by Gasteiger charge is -2.06. The van der Waals surface area contributed by atoms with Gasteiger partial charge in [-0.3, -0.25) is 0 Å². The Morgan fingerprint density at radius 3 is 3.00 bits per heavy atom. The summed E-state index contributed by atoms with van der Waals surface area (Å²) in [6.45, 7) is 2.86. The Morgan fingerprint density at radius 2 is 2.20 bits per heavy atom. The molecule has 1 aromatic carbocycles. The molecule has 1 aromatic heterocycles. The number of nitrogens with zero attached hydrogens (tertiary/aromatic N) is 1. The van der Waals surface area contributed by atoms with Crippen molar-refractivity contribution in [1.82, 2.24) is 9.88 Å². The van der Waals surface area contributed by atoms with Gasteiger partial charge in [-0.05, 0) is 35.4 Å². The van der Waals surface area contributed by atoms with E-state index in [1.807, 2.05) is 23.0 Å². The molecular weight excluding hydrogens is 279 g/mol. The lowest BCUT2D eigenvalue weighted by Crippen LogP contribution is -2.18. The molecule has 0 spiro atoms. The monoisotopic (exact) mass is 296 g/mol. The van der Waals surface area contributed by atoms with Crippen molar-refractivity contribution >= 4 is 11.6 Å². The minimum absolute atomic E-state index is 0.266. The summed E-state index contributed by atoms with van der Waals surface area (Å²) in [6, 6.07) is 6.46. The van der Waals surface area contributed by atoms with Crippen molar-refractivity contribution in [2.24, 2.45) is 0 Å². The van der Waals surface area contributed by atoms with Crippen molar-refractivity contribution < 1.29 is 9.13 Å². The number of ether oxygens (including phenoxy) is 1. The Kier molecular flexibility index (Phi) is 5.59. The summed E-state index contributed by atoms with van der Waals surface area (Å²) in [7, 11) is 1.68. The Balaban J connectivity index is 1.93. The van der Waals surface area contributed by atoms with Crippen molar-refractivity contribution in [3.05, 3.63) is 58.6 Å². The SMILES string of the molecule is COCCNCc1ccn(Cc2cc(F)ccc2Cl)c1. The molecule has 0 saturated carbocycles. The van der Waals surface area contributed by atoms with Gasteiger partial charge < -0.3 is 14.6 Å². The molecule has 5 heteroatoms. The first-order valence-corrected chi connectivity index (χ1v) is 6.85. The topological polar surface area (TPSA) is 26.2 Å². The third-order valence-electron chi connectivity index (χ3n) is 2.98. The molecule has 0 radical (unpaired) electrons. The van der Waals surface area contributed by atoms with Gasteiger partial charge in [0.15, 0.2) is 0 Å². The van der Waals surface area contributed by atoms with Crippen molar-refractivity contribution in [2.45, 2.75) is 13.1 Å². The van der Waals surface area contributed by atoms with Crippen LogP contribution in [-0.4, -0.2) is 24.8 Å². The molecular formula is C15H18ClFN2O. The number of aromatic nitrogens is 1. The lowest BCUT2D eigenvalue weighted by molar-refractivity contribution is 0.199. The van der Waals surface area contributed by atoms with Crippen LogP contribution in [0, 0.1) is 5.82 Å². The second-order valence-electron chi connectivity index (χ2n) is 4.60. The fourth-order valence-electron chi connectivity index (χ4n) is 1.96. The van der Waals surface area contributed by atoms with E-state index in [1.54, 1.807) is 13.2 Å². The molecule has 0 atom stereocenters. The van der Waals surface area contributed by atoms with E-state index in [0.717, 1.165) is 18.7 Å². The van der Waals surface area contributed by atoms with Gasteiger partial charge in [-0.25, -0.2) is 4.39 Å². The molecule has 1 heterocycles. The zero-order chi connectivity index (χ0) is 14.4. The molecule has 0 aliphatic heterocycles. The van der Waals surface area contributed by atoms with E-state index < -0.39 is 0 Å². The zero-order valence-electron chi connectivity index (χ0n) is 11.4. The molecule has 0 unspecified atom stereocenters. The van der Waals surface area contributed by atoms with Crippen LogP contribution in [0.5, 0.6) is 0 Å². The molecule has 2 aromatic rings. The van der Waals surface area contributed by atoms with Crippen LogP contribution in [0.2, 0.25) is 5.02 Å². The molecule has 0 aliphatic carbocycles. The maximum atomic E-state index is 13.2. The summed E-state index contributed by atoms with van der Waals surface area (Å²) in [4.78, 5) is 0. The van der Waals surface area contributed by atoms with Crippen LogP contribution in [0.25, 0.3) is 0 Å². The second-order valence-corrected chi connectivity index (χ2v) is 5.00. The molecule has 1 N–H and O–H groups in total. The number of nitrogens with one attached hydrogen (secondary N) is 1. The molecule has 0 fully saturated rings. The van der Waals surface area contributed by atoms with Gasteiger partial charge in [0, 0.05) is 44.2 Å². The highest BCUT2D eigenvalue weighted by Crippen LogP contribution is 2.18. The number of benzene rings is 1. The number of rotatable bonds is 7. The van der Waals surface area contributed by atoms with E-state index >= 15 is 0 Å². The first-order valence-electron chi connectivity index (χ1n) is 6.47. The fraction of sp³-hybridized carbons (Fsp3) is 0.333. The van der Waals surface area contributed by atoms with E-state index in [0.29, 0.717) is 18.2 Å². The lowest BCUT2D eigenvalue weighted by atomic mass is 10.2. The number of halogens is 2. The Labute approximate surface area is 123 Å². The summed E-state index contributed by atoms with van der Waals surface area (Å²) in [5.41, 5.74) is 1.95. The highest BCUT2D eigenvalue weighted by molar-refractivity contribution is 6.31. The highest BCUT2D eigenvalue weighted by Gasteiger charge is 2.04. The number of hydrogen-bond acceptors (Lipinski definition) is 2. The van der Waals surface area contributed by atoms with Gasteiger partial charge in [-0.2, -0.15) is 0 Å². The first-order chi connectivity index (χ1) is 9.69. The van der Waals surface area contributed by atoms with Gasteiger partial charge in [0.05, 0.1) is 6.61 Å². The molecule has 0 bridgehead atoms. The Hall–Kier alpha value is -1.36. The van der Waals surface area contributed by atoms with Gasteiger partial charge >= 0.3 is 0 Å². The van der Waals surface area contributed by atoms with Crippen molar-refractivity contribution in [3.63, 3.8) is 0 Å². The molecule has 0 saturated heterocycles. The second kappa shape index (κ2) is 7.43. The highest BCUT2D eigenvalue weighted by atomic mass is 35.5. The van der Waals surface area contributed by atoms with Crippen LogP contribution >= 0.6 is 11.6 Å². The van der Waals surface area contributed by atoms with Gasteiger partial charge in [0.2, 0.25) is 0 Å². The van der Waals surface area contributed by atoms with Gasteiger partial charge in [-0.15, -0.1) is 0 Å². The quantitative estimate of drug-likeness (QED) is 0.795. The van der Waals surface area contributed by atoms with Gasteiger partial charge in [0.25, 0.3) is 0 Å². The van der Waals surface area contributed by atoms with Crippen molar-refractivity contribution in [2.75, 3.05) is 20.3 Å². The average molecular weight is 297 g/mol. The maximum absolute atomic E-state index is 13.2. The fourth-order valence-corrected chi connectivity index (χ4v) is 2.14. The van der Waals surface area contributed by atoms with E-state index in [-0.39, 0.29) is 5.82 Å². The summed E-state index contributed by atoms with van der Waals surface area (Å²) in [5, 5.41) is 3.86. The third-order valence-corrected chi connectivity index (χ3v) is 3.35. The summed E-state index contributed by atoms with van der Waals surface area (Å²) < 4.78 is 20.2. The van der Waals surface area contributed by atoms with E-state index in [4.69, 9.17) is 16.3 Å². The standard InChI is InChI=1S/C15H18ClFN2O/c1-20-7-5-18-9-12-4-6-19(10-12)11-13-8-14(17)2-3-15(13)16/h2-4,6,8,10,18H,5,7,9,11H2,1H3. The van der Waals surface area contributed by atoms with Crippen molar-refractivity contribution in [3.8, 4) is 0 Å². The third kappa shape index (κ3) is 4.34. The maximum Gasteiger partial charge on any atom is 0.123 e. The van der Waals surface area contributed by atoms with Crippen LogP contribution in [0.1, 0.15) is 11.1 Å². The van der Waals surface area contributed by atoms with Crippen molar-refractivity contribution in [1.29, 1.82) is 0 Å². The predicted octanol–water partition coefficient (Wildman–Crippen LogP) is 3.06. The van der Waals surface area contributed by atoms with E-state index in [2.05, 4.69) is 5.32 Å². The molecule has 0 amide bonds. The van der Waals surface area contributed by atoms with Crippen LogP contribution in [0.15, 0.2) is 36.7 Å². The molecule has 0 aliphatic rings. The summed E-state index contributed by atoms with van der Waals surface area (Å²) in [5.74, 6) is -0.266. The van der Waals surface area contributed by atoms with Crippen LogP contribution < -0.4 is 5.32 Å². The molecule has 20 heavy (non-hydrogen) atoms. The summed E-state index contributed by atoms with van der Waals surface area (Å²) in [6.07, 6.45) is 4.00. The minimum atomic E-state index is -0.266. The predicted molar refractivity (Wildman–Crippen MR) is 78.5 cm³/mol. The number of hydrogen-bond donors (Lipinski definition) is 1. The van der Waals surface area contributed by atoms with E-state index in [1.165, 1.54) is 17.7 Å². The molecule has 3 nitrogen and oxygen atoms in total. The van der Waals surface area contributed by atoms with Crippen LogP contribution in [0.4, 0.5) is 4.39 Å². The Morgan fingerprint density at radius 1 is 1.35 bits per heavy atom. The Bertz CT molecular complexity index is 557. The number of methoxy groups -OCH3 is 1.